The fourth-order valence-electron chi connectivity index (χ4n) is 2.90. The summed E-state index contributed by atoms with van der Waals surface area (Å²) in [6, 6.07) is 13.5. The number of hydrogen-bond donors (Lipinski definition) is 1. The quantitative estimate of drug-likeness (QED) is 0.411. The van der Waals surface area contributed by atoms with Gasteiger partial charge in [0.05, 0.1) is 36.2 Å². The minimum Gasteiger partial charge on any atom is -0.495 e. The lowest BCUT2D eigenvalue weighted by atomic mass is 10.2. The topological polar surface area (TPSA) is 82.2 Å². The van der Waals surface area contributed by atoms with Gasteiger partial charge >= 0.3 is 0 Å². The molecule has 0 spiro atoms. The molecule has 0 unspecified atom stereocenters. The van der Waals surface area contributed by atoms with E-state index in [0.29, 0.717) is 29.0 Å². The van der Waals surface area contributed by atoms with E-state index < -0.39 is 0 Å². The Hall–Kier alpha value is -3.04. The Kier molecular flexibility index (Phi) is 6.20. The molecule has 0 radical (unpaired) electrons. The minimum atomic E-state index is -0.111. The van der Waals surface area contributed by atoms with Crippen molar-refractivity contribution in [2.75, 3.05) is 12.9 Å². The van der Waals surface area contributed by atoms with Crippen molar-refractivity contribution in [1.82, 2.24) is 20.1 Å². The van der Waals surface area contributed by atoms with Crippen molar-refractivity contribution in [2.45, 2.75) is 18.6 Å². The van der Waals surface area contributed by atoms with Crippen molar-refractivity contribution in [2.24, 2.45) is 0 Å². The number of nitrogens with zero attached hydrogens (tertiary/aromatic N) is 3. The standard InChI is InChI=1S/C21H20N4O3S2/c1-14-7-8-17(27-2)16(11-14)25-20(18-6-4-10-29-18)23-24-21(25)30-13-19(26)22-12-15-5-3-9-28-15/h3-11H,12-13H2,1-2H3,(H,22,26). The van der Waals surface area contributed by atoms with Gasteiger partial charge in [0.25, 0.3) is 0 Å². The molecule has 30 heavy (non-hydrogen) atoms. The van der Waals surface area contributed by atoms with Crippen molar-refractivity contribution in [1.29, 1.82) is 0 Å². The van der Waals surface area contributed by atoms with Crippen molar-refractivity contribution < 1.29 is 13.9 Å². The second kappa shape index (κ2) is 9.19. The third kappa shape index (κ3) is 4.42. The number of carbonyl (C=O) groups excluding carboxylic acids is 1. The molecule has 4 aromatic rings. The van der Waals surface area contributed by atoms with Gasteiger partial charge in [-0.2, -0.15) is 0 Å². The molecule has 154 valence electrons. The van der Waals surface area contributed by atoms with E-state index in [9.17, 15) is 4.79 Å². The van der Waals surface area contributed by atoms with Gasteiger partial charge in [0.2, 0.25) is 5.91 Å². The molecule has 1 N–H and O–H groups in total. The molecule has 0 aliphatic heterocycles. The number of ether oxygens (including phenoxy) is 1. The Morgan fingerprint density at radius 1 is 1.27 bits per heavy atom. The van der Waals surface area contributed by atoms with E-state index in [2.05, 4.69) is 15.5 Å². The number of carbonyl (C=O) groups is 1. The molecule has 0 saturated carbocycles. The molecule has 1 aromatic carbocycles. The van der Waals surface area contributed by atoms with E-state index in [1.54, 1.807) is 30.8 Å². The molecule has 7 nitrogen and oxygen atoms in total. The van der Waals surface area contributed by atoms with Crippen LogP contribution in [0.25, 0.3) is 16.4 Å². The summed E-state index contributed by atoms with van der Waals surface area (Å²) in [5.41, 5.74) is 1.92. The number of furan rings is 1. The summed E-state index contributed by atoms with van der Waals surface area (Å²) in [5, 5.41) is 14.2. The molecular weight excluding hydrogens is 420 g/mol. The van der Waals surface area contributed by atoms with E-state index in [1.807, 2.05) is 53.3 Å². The van der Waals surface area contributed by atoms with Crippen LogP contribution in [0.2, 0.25) is 0 Å². The first-order chi connectivity index (χ1) is 14.7. The van der Waals surface area contributed by atoms with Crippen LogP contribution in [-0.4, -0.2) is 33.5 Å². The van der Waals surface area contributed by atoms with Crippen LogP contribution in [-0.2, 0) is 11.3 Å². The molecule has 0 bridgehead atoms. The van der Waals surface area contributed by atoms with Crippen molar-refractivity contribution in [3.8, 4) is 22.1 Å². The second-order valence-electron chi connectivity index (χ2n) is 6.44. The van der Waals surface area contributed by atoms with Gasteiger partial charge < -0.3 is 14.5 Å². The Balaban J connectivity index is 1.61. The summed E-state index contributed by atoms with van der Waals surface area (Å²) in [7, 11) is 1.64. The molecule has 3 aromatic heterocycles. The van der Waals surface area contributed by atoms with Gasteiger partial charge in [0, 0.05) is 0 Å². The largest absolute Gasteiger partial charge is 0.495 e. The highest BCUT2D eigenvalue weighted by Gasteiger charge is 2.20. The van der Waals surface area contributed by atoms with E-state index in [-0.39, 0.29) is 11.7 Å². The third-order valence-electron chi connectivity index (χ3n) is 4.32. The van der Waals surface area contributed by atoms with Crippen LogP contribution in [0.15, 0.2) is 63.7 Å². The first kappa shape index (κ1) is 20.2. The number of thiophene rings is 1. The molecule has 0 atom stereocenters. The van der Waals surface area contributed by atoms with E-state index >= 15 is 0 Å². The molecule has 3 heterocycles. The zero-order valence-electron chi connectivity index (χ0n) is 16.5. The lowest BCUT2D eigenvalue weighted by molar-refractivity contribution is -0.118. The maximum Gasteiger partial charge on any atom is 0.230 e. The molecule has 0 fully saturated rings. The fourth-order valence-corrected chi connectivity index (χ4v) is 4.37. The van der Waals surface area contributed by atoms with Crippen LogP contribution >= 0.6 is 23.1 Å². The number of aromatic nitrogens is 3. The number of amides is 1. The van der Waals surface area contributed by atoms with Crippen LogP contribution in [0.5, 0.6) is 5.75 Å². The van der Waals surface area contributed by atoms with Gasteiger partial charge in [0.1, 0.15) is 11.5 Å². The monoisotopic (exact) mass is 440 g/mol. The van der Waals surface area contributed by atoms with Crippen molar-refractivity contribution >= 4 is 29.0 Å². The van der Waals surface area contributed by atoms with E-state index in [4.69, 9.17) is 9.15 Å². The second-order valence-corrected chi connectivity index (χ2v) is 8.33. The summed E-state index contributed by atoms with van der Waals surface area (Å²) in [6.07, 6.45) is 1.58. The average Bonchev–Trinajstić information content (AvgIpc) is 3.52. The van der Waals surface area contributed by atoms with Crippen LogP contribution in [0.4, 0.5) is 0 Å². The van der Waals surface area contributed by atoms with Crippen LogP contribution in [0, 0.1) is 6.92 Å². The predicted molar refractivity (Wildman–Crippen MR) is 117 cm³/mol. The lowest BCUT2D eigenvalue weighted by Crippen LogP contribution is -2.24. The summed E-state index contributed by atoms with van der Waals surface area (Å²) < 4.78 is 12.8. The number of hydrogen-bond acceptors (Lipinski definition) is 7. The Morgan fingerprint density at radius 3 is 2.90 bits per heavy atom. The molecular formula is C21H20N4O3S2. The van der Waals surface area contributed by atoms with Gasteiger partial charge in [-0.15, -0.1) is 21.5 Å². The van der Waals surface area contributed by atoms with Gasteiger partial charge in [0.15, 0.2) is 11.0 Å². The van der Waals surface area contributed by atoms with Crippen LogP contribution < -0.4 is 10.1 Å². The van der Waals surface area contributed by atoms with E-state index in [0.717, 1.165) is 16.1 Å². The Bertz CT molecular complexity index is 1120. The SMILES string of the molecule is COc1ccc(C)cc1-n1c(SCC(=O)NCc2ccco2)nnc1-c1cccs1. The normalized spacial score (nSPS) is 10.9. The number of benzene rings is 1. The first-order valence-corrected chi connectivity index (χ1v) is 11.1. The highest BCUT2D eigenvalue weighted by atomic mass is 32.2. The van der Waals surface area contributed by atoms with E-state index in [1.165, 1.54) is 11.8 Å². The minimum absolute atomic E-state index is 0.111. The molecule has 0 saturated heterocycles. The van der Waals surface area contributed by atoms with Gasteiger partial charge in [-0.25, -0.2) is 0 Å². The van der Waals surface area contributed by atoms with Gasteiger partial charge in [-0.05, 0) is 48.2 Å². The van der Waals surface area contributed by atoms with Crippen molar-refractivity contribution in [3.63, 3.8) is 0 Å². The molecule has 0 aliphatic rings. The molecule has 0 aliphatic carbocycles. The summed E-state index contributed by atoms with van der Waals surface area (Å²) >= 11 is 2.91. The molecule has 1 amide bonds. The number of rotatable bonds is 8. The predicted octanol–water partition coefficient (Wildman–Crippen LogP) is 4.31. The van der Waals surface area contributed by atoms with Gasteiger partial charge in [-0.1, -0.05) is 23.9 Å². The average molecular weight is 441 g/mol. The Labute approximate surface area is 182 Å². The summed E-state index contributed by atoms with van der Waals surface area (Å²) in [5.74, 6) is 2.23. The molecule has 4 rings (SSSR count). The first-order valence-electron chi connectivity index (χ1n) is 9.22. The lowest BCUT2D eigenvalue weighted by Gasteiger charge is -2.14. The zero-order chi connectivity index (χ0) is 20.9. The number of methoxy groups -OCH3 is 1. The maximum absolute atomic E-state index is 12.3. The number of nitrogens with one attached hydrogen (secondary N) is 1. The van der Waals surface area contributed by atoms with Crippen LogP contribution in [0.1, 0.15) is 11.3 Å². The highest BCUT2D eigenvalue weighted by Crippen LogP contribution is 2.34. The fraction of sp³-hybridized carbons (Fsp3) is 0.190. The summed E-state index contributed by atoms with van der Waals surface area (Å²) in [4.78, 5) is 13.3. The number of aryl methyl sites for hydroxylation is 1. The van der Waals surface area contributed by atoms with Crippen molar-refractivity contribution in [3.05, 3.63) is 65.4 Å². The summed E-state index contributed by atoms with van der Waals surface area (Å²) in [6.45, 7) is 2.37. The van der Waals surface area contributed by atoms with Crippen LogP contribution in [0.3, 0.4) is 0 Å². The van der Waals surface area contributed by atoms with Gasteiger partial charge in [-0.3, -0.25) is 9.36 Å². The maximum atomic E-state index is 12.3. The zero-order valence-corrected chi connectivity index (χ0v) is 18.1. The molecule has 9 heteroatoms. The Morgan fingerprint density at radius 2 is 2.17 bits per heavy atom. The third-order valence-corrected chi connectivity index (χ3v) is 6.12. The smallest absolute Gasteiger partial charge is 0.230 e. The number of thioether (sulfide) groups is 1. The highest BCUT2D eigenvalue weighted by molar-refractivity contribution is 7.99.